The molecule has 2 rings (SSSR count). The van der Waals surface area contributed by atoms with Crippen LogP contribution in [0.15, 0.2) is 4.99 Å². The minimum Gasteiger partial charge on any atom is -0.380 e. The van der Waals surface area contributed by atoms with Crippen molar-refractivity contribution in [1.82, 2.24) is 4.90 Å². The Morgan fingerprint density at radius 2 is 2.00 bits per heavy atom. The van der Waals surface area contributed by atoms with Gasteiger partial charge in [-0.1, -0.05) is 13.8 Å². The monoisotopic (exact) mass is 353 g/mol. The van der Waals surface area contributed by atoms with E-state index in [-0.39, 0.29) is 29.4 Å². The third-order valence-electron chi connectivity index (χ3n) is 3.63. The molecule has 2 saturated heterocycles. The quantitative estimate of drug-likeness (QED) is 0.467. The van der Waals surface area contributed by atoms with E-state index in [0.29, 0.717) is 0 Å². The maximum atomic E-state index is 6.01. The van der Waals surface area contributed by atoms with Crippen molar-refractivity contribution in [3.8, 4) is 0 Å². The number of aliphatic imine (C=N–C) groups is 1. The lowest BCUT2D eigenvalue weighted by Gasteiger charge is -2.37. The average molecular weight is 353 g/mol. The lowest BCUT2D eigenvalue weighted by Crippen LogP contribution is -2.45. The molecule has 0 saturated carbocycles. The van der Waals surface area contributed by atoms with Gasteiger partial charge in [-0.25, -0.2) is 0 Å². The van der Waals surface area contributed by atoms with E-state index < -0.39 is 0 Å². The highest BCUT2D eigenvalue weighted by atomic mass is 127. The fraction of sp³-hybridized carbons (Fsp3) is 0.917. The minimum absolute atomic E-state index is 0. The summed E-state index contributed by atoms with van der Waals surface area (Å²) in [4.78, 5) is 6.72. The summed E-state index contributed by atoms with van der Waals surface area (Å²) in [5.41, 5.74) is 6.24. The highest BCUT2D eigenvalue weighted by Gasteiger charge is 2.33. The van der Waals surface area contributed by atoms with E-state index >= 15 is 0 Å². The molecule has 2 fully saturated rings. The number of hydrogen-bond acceptors (Lipinski definition) is 2. The topological polar surface area (TPSA) is 50.8 Å². The molecule has 0 spiro atoms. The van der Waals surface area contributed by atoms with Gasteiger partial charge in [0.1, 0.15) is 0 Å². The molecule has 0 radical (unpaired) electrons. The molecule has 2 aliphatic rings. The van der Waals surface area contributed by atoms with Crippen LogP contribution in [0, 0.1) is 11.3 Å². The zero-order valence-electron chi connectivity index (χ0n) is 10.8. The van der Waals surface area contributed by atoms with Crippen molar-refractivity contribution in [2.45, 2.75) is 26.7 Å². The normalized spacial score (nSPS) is 25.1. The first-order chi connectivity index (χ1) is 7.59. The molecule has 100 valence electrons. The minimum atomic E-state index is 0. The molecule has 0 atom stereocenters. The van der Waals surface area contributed by atoms with Crippen LogP contribution < -0.4 is 5.73 Å². The highest BCUT2D eigenvalue weighted by Crippen LogP contribution is 2.26. The van der Waals surface area contributed by atoms with Crippen molar-refractivity contribution in [2.24, 2.45) is 22.1 Å². The molecule has 2 aliphatic heterocycles. The summed E-state index contributed by atoms with van der Waals surface area (Å²) in [5, 5.41) is 0. The summed E-state index contributed by atoms with van der Waals surface area (Å²) >= 11 is 0. The van der Waals surface area contributed by atoms with Crippen LogP contribution >= 0.6 is 24.0 Å². The summed E-state index contributed by atoms with van der Waals surface area (Å²) in [5.74, 6) is 1.56. The summed E-state index contributed by atoms with van der Waals surface area (Å²) < 4.78 is 5.21. The van der Waals surface area contributed by atoms with E-state index in [9.17, 15) is 0 Å². The second-order valence-corrected chi connectivity index (χ2v) is 5.65. The van der Waals surface area contributed by atoms with Gasteiger partial charge in [-0.3, -0.25) is 4.99 Å². The second-order valence-electron chi connectivity index (χ2n) is 5.65. The van der Waals surface area contributed by atoms with Gasteiger partial charge in [-0.05, 0) is 18.8 Å². The predicted octanol–water partition coefficient (Wildman–Crippen LogP) is 1.69. The molecule has 17 heavy (non-hydrogen) atoms. The Morgan fingerprint density at radius 1 is 1.41 bits per heavy atom. The summed E-state index contributed by atoms with van der Waals surface area (Å²) in [6.45, 7) is 9.06. The Morgan fingerprint density at radius 3 is 2.47 bits per heavy atom. The SMILES string of the molecule is CC1CCN(C(N)=NCC2(C)COC2)CC1.I. The van der Waals surface area contributed by atoms with Crippen molar-refractivity contribution < 1.29 is 4.74 Å². The van der Waals surface area contributed by atoms with Crippen LogP contribution in [0.5, 0.6) is 0 Å². The third kappa shape index (κ3) is 3.98. The Kier molecular flexibility index (Phi) is 5.50. The molecule has 0 amide bonds. The molecule has 0 bridgehead atoms. The van der Waals surface area contributed by atoms with Crippen LogP contribution in [-0.4, -0.2) is 43.7 Å². The Balaban J connectivity index is 0.00000144. The van der Waals surface area contributed by atoms with Crippen molar-refractivity contribution in [3.05, 3.63) is 0 Å². The van der Waals surface area contributed by atoms with Crippen LogP contribution in [0.25, 0.3) is 0 Å². The van der Waals surface area contributed by atoms with Crippen molar-refractivity contribution >= 4 is 29.9 Å². The van der Waals surface area contributed by atoms with Gasteiger partial charge in [0, 0.05) is 18.5 Å². The summed E-state index contributed by atoms with van der Waals surface area (Å²) in [7, 11) is 0. The molecule has 0 unspecified atom stereocenters. The van der Waals surface area contributed by atoms with Gasteiger partial charge in [-0.15, -0.1) is 24.0 Å². The van der Waals surface area contributed by atoms with Gasteiger partial charge in [0.15, 0.2) is 5.96 Å². The second kappa shape index (κ2) is 6.22. The Labute approximate surface area is 121 Å². The van der Waals surface area contributed by atoms with Gasteiger partial charge in [-0.2, -0.15) is 0 Å². The lowest BCUT2D eigenvalue weighted by atomic mass is 9.89. The molecule has 0 aromatic carbocycles. The Bertz CT molecular complexity index is 271. The number of ether oxygens (including phenoxy) is 1. The molecule has 2 N–H and O–H groups in total. The lowest BCUT2D eigenvalue weighted by molar-refractivity contribution is -0.0945. The van der Waals surface area contributed by atoms with Crippen LogP contribution in [0.4, 0.5) is 0 Å². The number of guanidine groups is 1. The van der Waals surface area contributed by atoms with E-state index in [0.717, 1.165) is 44.7 Å². The fourth-order valence-corrected chi connectivity index (χ4v) is 2.15. The average Bonchev–Trinajstić information content (AvgIpc) is 2.24. The standard InChI is InChI=1S/C12H23N3O.HI/c1-10-3-5-15(6-4-10)11(13)14-7-12(2)8-16-9-12;/h10H,3-9H2,1-2H3,(H2,13,14);1H. The zero-order chi connectivity index (χ0) is 11.6. The molecule has 2 heterocycles. The largest absolute Gasteiger partial charge is 0.380 e. The van der Waals surface area contributed by atoms with Gasteiger partial charge in [0.2, 0.25) is 0 Å². The van der Waals surface area contributed by atoms with Gasteiger partial charge < -0.3 is 15.4 Å². The van der Waals surface area contributed by atoms with Crippen LogP contribution in [0.2, 0.25) is 0 Å². The first-order valence-corrected chi connectivity index (χ1v) is 6.22. The van der Waals surface area contributed by atoms with E-state index in [1.54, 1.807) is 0 Å². The number of nitrogens with two attached hydrogens (primary N) is 1. The number of hydrogen-bond donors (Lipinski definition) is 1. The van der Waals surface area contributed by atoms with Gasteiger partial charge >= 0.3 is 0 Å². The maximum absolute atomic E-state index is 6.01. The van der Waals surface area contributed by atoms with E-state index in [1.807, 2.05) is 0 Å². The number of halogens is 1. The van der Waals surface area contributed by atoms with E-state index in [4.69, 9.17) is 10.5 Å². The molecule has 5 heteroatoms. The van der Waals surface area contributed by atoms with Crippen LogP contribution in [0.3, 0.4) is 0 Å². The number of piperidine rings is 1. The van der Waals surface area contributed by atoms with Crippen LogP contribution in [0.1, 0.15) is 26.7 Å². The highest BCUT2D eigenvalue weighted by molar-refractivity contribution is 14.0. The molecule has 0 aromatic heterocycles. The molecular formula is C12H24IN3O. The van der Waals surface area contributed by atoms with Crippen LogP contribution in [-0.2, 0) is 4.74 Å². The summed E-state index contributed by atoms with van der Waals surface area (Å²) in [6.07, 6.45) is 2.47. The number of nitrogens with zero attached hydrogens (tertiary/aromatic N) is 2. The number of likely N-dealkylation sites (tertiary alicyclic amines) is 1. The fourth-order valence-electron chi connectivity index (χ4n) is 2.15. The van der Waals surface area contributed by atoms with Crippen molar-refractivity contribution in [3.63, 3.8) is 0 Å². The molecule has 4 nitrogen and oxygen atoms in total. The third-order valence-corrected chi connectivity index (χ3v) is 3.63. The smallest absolute Gasteiger partial charge is 0.191 e. The van der Waals surface area contributed by atoms with Gasteiger partial charge in [0.05, 0.1) is 19.8 Å². The van der Waals surface area contributed by atoms with E-state index in [2.05, 4.69) is 23.7 Å². The predicted molar refractivity (Wildman–Crippen MR) is 80.8 cm³/mol. The van der Waals surface area contributed by atoms with Gasteiger partial charge in [0.25, 0.3) is 0 Å². The molecule has 0 aliphatic carbocycles. The summed E-state index contributed by atoms with van der Waals surface area (Å²) in [6, 6.07) is 0. The van der Waals surface area contributed by atoms with E-state index in [1.165, 1.54) is 12.8 Å². The maximum Gasteiger partial charge on any atom is 0.191 e. The Hall–Kier alpha value is -0.0400. The van der Waals surface area contributed by atoms with Crippen molar-refractivity contribution in [1.29, 1.82) is 0 Å². The first kappa shape index (κ1) is 15.0. The molecule has 0 aromatic rings. The van der Waals surface area contributed by atoms with Crippen molar-refractivity contribution in [2.75, 3.05) is 32.8 Å². The zero-order valence-corrected chi connectivity index (χ0v) is 13.1. The first-order valence-electron chi connectivity index (χ1n) is 6.22. The molecular weight excluding hydrogens is 329 g/mol. The number of rotatable bonds is 2.